The Morgan fingerprint density at radius 3 is 2.74 bits per heavy atom. The van der Waals surface area contributed by atoms with E-state index in [-0.39, 0.29) is 5.91 Å². The summed E-state index contributed by atoms with van der Waals surface area (Å²) >= 11 is 5.94. The molecule has 0 fully saturated rings. The van der Waals surface area contributed by atoms with Crippen LogP contribution in [0.3, 0.4) is 0 Å². The van der Waals surface area contributed by atoms with E-state index in [0.717, 1.165) is 37.2 Å². The number of nitrogens with one attached hydrogen (secondary N) is 1. The zero-order chi connectivity index (χ0) is 14.3. The number of anilines is 1. The molecule has 0 atom stereocenters. The summed E-state index contributed by atoms with van der Waals surface area (Å²) in [6.07, 6.45) is 2.27. The minimum atomic E-state index is 0.0170. The van der Waals surface area contributed by atoms with Crippen molar-refractivity contribution in [2.75, 3.05) is 25.0 Å². The van der Waals surface area contributed by atoms with Crippen LogP contribution in [0.2, 0.25) is 5.02 Å². The van der Waals surface area contributed by atoms with Crippen molar-refractivity contribution in [3.63, 3.8) is 0 Å². The molecule has 0 heterocycles. The van der Waals surface area contributed by atoms with Crippen LogP contribution < -0.4 is 5.32 Å². The highest BCUT2D eigenvalue weighted by atomic mass is 35.5. The Balaban J connectivity index is 2.56. The highest BCUT2D eigenvalue weighted by molar-refractivity contribution is 6.31. The Hall–Kier alpha value is -1.06. The zero-order valence-electron chi connectivity index (χ0n) is 12.0. The molecule has 0 spiro atoms. The first-order chi connectivity index (χ1) is 9.06. The predicted molar refractivity (Wildman–Crippen MR) is 81.8 cm³/mol. The molecule has 0 aliphatic rings. The highest BCUT2D eigenvalue weighted by Gasteiger charge is 2.10. The summed E-state index contributed by atoms with van der Waals surface area (Å²) in [5.41, 5.74) is 1.82. The van der Waals surface area contributed by atoms with Gasteiger partial charge in [0.2, 0.25) is 5.91 Å². The minimum absolute atomic E-state index is 0.0170. The number of benzene rings is 1. The van der Waals surface area contributed by atoms with Gasteiger partial charge in [0.05, 0.1) is 6.54 Å². The van der Waals surface area contributed by atoms with Crippen molar-refractivity contribution in [1.82, 2.24) is 4.90 Å². The molecule has 4 heteroatoms. The lowest BCUT2D eigenvalue weighted by Gasteiger charge is -2.19. The van der Waals surface area contributed by atoms with Crippen LogP contribution >= 0.6 is 11.6 Å². The second kappa shape index (κ2) is 8.18. The summed E-state index contributed by atoms with van der Waals surface area (Å²) in [6, 6.07) is 5.52. The number of carbonyl (C=O) groups excluding carboxylic acids is 1. The molecule has 3 nitrogen and oxygen atoms in total. The number of hydrogen-bond acceptors (Lipinski definition) is 2. The van der Waals surface area contributed by atoms with Gasteiger partial charge < -0.3 is 5.32 Å². The quantitative estimate of drug-likeness (QED) is 0.827. The van der Waals surface area contributed by atoms with Gasteiger partial charge in [0.1, 0.15) is 0 Å². The van der Waals surface area contributed by atoms with Crippen LogP contribution in [0.5, 0.6) is 0 Å². The number of nitrogens with zero attached hydrogens (tertiary/aromatic N) is 1. The van der Waals surface area contributed by atoms with E-state index in [1.165, 1.54) is 0 Å². The maximum atomic E-state index is 12.0. The highest BCUT2D eigenvalue weighted by Crippen LogP contribution is 2.20. The lowest BCUT2D eigenvalue weighted by Crippen LogP contribution is -2.34. The first-order valence-electron chi connectivity index (χ1n) is 6.85. The van der Waals surface area contributed by atoms with Crippen LogP contribution in [0.1, 0.15) is 32.3 Å². The normalized spacial score (nSPS) is 10.8. The smallest absolute Gasteiger partial charge is 0.238 e. The van der Waals surface area contributed by atoms with E-state index < -0.39 is 0 Å². The third kappa shape index (κ3) is 5.62. The molecule has 0 bridgehead atoms. The molecular formula is C15H23ClN2O. The molecule has 0 aliphatic carbocycles. The Labute approximate surface area is 120 Å². The standard InChI is InChI=1S/C15H23ClN2O/c1-4-6-9-18(5-2)11-15(19)17-14-10-13(16)8-7-12(14)3/h7-8,10H,4-6,9,11H2,1-3H3,(H,17,19). The predicted octanol–water partition coefficient (Wildman–Crippen LogP) is 3.71. The molecule has 0 saturated heterocycles. The van der Waals surface area contributed by atoms with Gasteiger partial charge >= 0.3 is 0 Å². The van der Waals surface area contributed by atoms with Crippen molar-refractivity contribution >= 4 is 23.2 Å². The number of unbranched alkanes of at least 4 members (excludes halogenated alkanes) is 1. The molecule has 1 aromatic carbocycles. The molecule has 1 rings (SSSR count). The molecule has 1 amide bonds. The SMILES string of the molecule is CCCCN(CC)CC(=O)Nc1cc(Cl)ccc1C. The topological polar surface area (TPSA) is 32.3 Å². The van der Waals surface area contributed by atoms with E-state index in [0.29, 0.717) is 11.6 Å². The second-order valence-corrected chi connectivity index (χ2v) is 5.17. The van der Waals surface area contributed by atoms with E-state index in [9.17, 15) is 4.79 Å². The van der Waals surface area contributed by atoms with Gasteiger partial charge in [-0.3, -0.25) is 9.69 Å². The molecule has 0 aliphatic heterocycles. The van der Waals surface area contributed by atoms with E-state index >= 15 is 0 Å². The van der Waals surface area contributed by atoms with Crippen LogP contribution in [-0.4, -0.2) is 30.4 Å². The monoisotopic (exact) mass is 282 g/mol. The summed E-state index contributed by atoms with van der Waals surface area (Å²) < 4.78 is 0. The minimum Gasteiger partial charge on any atom is -0.325 e. The summed E-state index contributed by atoms with van der Waals surface area (Å²) in [6.45, 7) is 8.48. The third-order valence-electron chi connectivity index (χ3n) is 3.12. The second-order valence-electron chi connectivity index (χ2n) is 4.73. The van der Waals surface area contributed by atoms with Gasteiger partial charge in [0.25, 0.3) is 0 Å². The van der Waals surface area contributed by atoms with Crippen molar-refractivity contribution in [3.8, 4) is 0 Å². The lowest BCUT2D eigenvalue weighted by atomic mass is 10.2. The van der Waals surface area contributed by atoms with Crippen molar-refractivity contribution in [2.45, 2.75) is 33.6 Å². The number of amides is 1. The Morgan fingerprint density at radius 1 is 1.37 bits per heavy atom. The van der Waals surface area contributed by atoms with Crippen molar-refractivity contribution in [3.05, 3.63) is 28.8 Å². The van der Waals surface area contributed by atoms with E-state index in [1.807, 2.05) is 19.1 Å². The third-order valence-corrected chi connectivity index (χ3v) is 3.35. The molecular weight excluding hydrogens is 260 g/mol. The van der Waals surface area contributed by atoms with Crippen molar-refractivity contribution in [2.24, 2.45) is 0 Å². The Morgan fingerprint density at radius 2 is 2.11 bits per heavy atom. The molecule has 19 heavy (non-hydrogen) atoms. The number of aryl methyl sites for hydroxylation is 1. The van der Waals surface area contributed by atoms with Gasteiger partial charge in [0.15, 0.2) is 0 Å². The lowest BCUT2D eigenvalue weighted by molar-refractivity contribution is -0.117. The van der Waals surface area contributed by atoms with E-state index in [4.69, 9.17) is 11.6 Å². The first kappa shape index (κ1) is 16.0. The van der Waals surface area contributed by atoms with Crippen LogP contribution in [0.4, 0.5) is 5.69 Å². The van der Waals surface area contributed by atoms with Gasteiger partial charge in [-0.15, -0.1) is 0 Å². The van der Waals surface area contributed by atoms with Gasteiger partial charge in [-0.25, -0.2) is 0 Å². The fourth-order valence-electron chi connectivity index (χ4n) is 1.85. The molecule has 0 radical (unpaired) electrons. The Kier molecular flexibility index (Phi) is 6.89. The number of likely N-dealkylation sites (N-methyl/N-ethyl adjacent to an activating group) is 1. The van der Waals surface area contributed by atoms with Gasteiger partial charge in [-0.1, -0.05) is 37.9 Å². The molecule has 1 aromatic rings. The summed E-state index contributed by atoms with van der Waals surface area (Å²) in [7, 11) is 0. The fourth-order valence-corrected chi connectivity index (χ4v) is 2.02. The number of hydrogen-bond donors (Lipinski definition) is 1. The fraction of sp³-hybridized carbons (Fsp3) is 0.533. The first-order valence-corrected chi connectivity index (χ1v) is 7.23. The molecule has 0 unspecified atom stereocenters. The van der Waals surface area contributed by atoms with E-state index in [2.05, 4.69) is 24.1 Å². The summed E-state index contributed by atoms with van der Waals surface area (Å²) in [4.78, 5) is 14.2. The summed E-state index contributed by atoms with van der Waals surface area (Å²) in [5.74, 6) is 0.0170. The molecule has 106 valence electrons. The van der Waals surface area contributed by atoms with Gasteiger partial charge in [-0.2, -0.15) is 0 Å². The summed E-state index contributed by atoms with van der Waals surface area (Å²) in [5, 5.41) is 3.57. The Bertz CT molecular complexity index is 421. The number of carbonyl (C=O) groups is 1. The number of rotatable bonds is 7. The maximum absolute atomic E-state index is 12.0. The average molecular weight is 283 g/mol. The van der Waals surface area contributed by atoms with E-state index in [1.54, 1.807) is 6.07 Å². The largest absolute Gasteiger partial charge is 0.325 e. The van der Waals surface area contributed by atoms with Crippen molar-refractivity contribution < 1.29 is 4.79 Å². The average Bonchev–Trinajstić information content (AvgIpc) is 2.38. The molecule has 0 aromatic heterocycles. The maximum Gasteiger partial charge on any atom is 0.238 e. The zero-order valence-corrected chi connectivity index (χ0v) is 12.8. The number of halogens is 1. The molecule has 1 N–H and O–H groups in total. The van der Waals surface area contributed by atoms with Gasteiger partial charge in [-0.05, 0) is 44.1 Å². The van der Waals surface area contributed by atoms with Crippen molar-refractivity contribution in [1.29, 1.82) is 0 Å². The van der Waals surface area contributed by atoms with Gasteiger partial charge in [0, 0.05) is 10.7 Å². The van der Waals surface area contributed by atoms with Crippen LogP contribution in [0.15, 0.2) is 18.2 Å². The van der Waals surface area contributed by atoms with Crippen LogP contribution in [-0.2, 0) is 4.79 Å². The molecule has 0 saturated carbocycles. The van der Waals surface area contributed by atoms with Crippen LogP contribution in [0, 0.1) is 6.92 Å². The van der Waals surface area contributed by atoms with Crippen LogP contribution in [0.25, 0.3) is 0 Å².